The van der Waals surface area contributed by atoms with Crippen molar-refractivity contribution in [2.45, 2.75) is 18.3 Å². The van der Waals surface area contributed by atoms with Gasteiger partial charge in [0, 0.05) is 0 Å². The van der Waals surface area contributed by atoms with Crippen LogP contribution in [0.15, 0.2) is 24.3 Å². The summed E-state index contributed by atoms with van der Waals surface area (Å²) in [5, 5.41) is 45.5. The van der Waals surface area contributed by atoms with Gasteiger partial charge in [-0.05, 0) is 24.3 Å². The van der Waals surface area contributed by atoms with Crippen molar-refractivity contribution in [1.82, 2.24) is 0 Å². The molecule has 0 aliphatic carbocycles. The number of carbonyl (C=O) groups excluding carboxylic acids is 1. The summed E-state index contributed by atoms with van der Waals surface area (Å²) in [5.41, 5.74) is 0.113. The Morgan fingerprint density at radius 3 is 2.16 bits per heavy atom. The predicted molar refractivity (Wildman–Crippen MR) is 63.5 cm³/mol. The highest BCUT2D eigenvalue weighted by Gasteiger charge is 2.29. The number of phenols is 1. The second kappa shape index (κ2) is 7.05. The van der Waals surface area contributed by atoms with E-state index >= 15 is 0 Å². The largest absolute Gasteiger partial charge is 0.508 e. The van der Waals surface area contributed by atoms with Gasteiger partial charge in [0.05, 0.1) is 18.8 Å². The number of aliphatic hydroxyl groups excluding tert-OH is 4. The number of hydrogen-bond donors (Lipinski definition) is 5. The minimum absolute atomic E-state index is 0.0222. The van der Waals surface area contributed by atoms with E-state index in [2.05, 4.69) is 0 Å². The number of benzene rings is 1. The Kier molecular flexibility index (Phi) is 5.71. The highest BCUT2D eigenvalue weighted by molar-refractivity contribution is 5.89. The molecule has 0 radical (unpaired) electrons. The molecule has 7 nitrogen and oxygen atoms in total. The molecule has 0 bridgehead atoms. The maximum absolute atomic E-state index is 11.7. The summed E-state index contributed by atoms with van der Waals surface area (Å²) in [6, 6.07) is 5.18. The van der Waals surface area contributed by atoms with Crippen LogP contribution >= 0.6 is 0 Å². The highest BCUT2D eigenvalue weighted by Crippen LogP contribution is 2.13. The Labute approximate surface area is 109 Å². The number of hydrogen-bond acceptors (Lipinski definition) is 7. The fraction of sp³-hybridized carbons (Fsp3) is 0.417. The SMILES string of the molecule is O=C(O[C@@H](CO)[C@@H](O)[C@H](O)CO)c1ccc(O)cc1. The first kappa shape index (κ1) is 15.4. The molecule has 0 amide bonds. The van der Waals surface area contributed by atoms with Gasteiger partial charge in [-0.25, -0.2) is 4.79 Å². The second-order valence-corrected chi connectivity index (χ2v) is 3.91. The molecule has 3 atom stereocenters. The van der Waals surface area contributed by atoms with Crippen LogP contribution in [0.4, 0.5) is 0 Å². The van der Waals surface area contributed by atoms with E-state index in [0.717, 1.165) is 0 Å². The fourth-order valence-corrected chi connectivity index (χ4v) is 1.37. The predicted octanol–water partition coefficient (Wildman–Crippen LogP) is -1.38. The monoisotopic (exact) mass is 272 g/mol. The molecule has 5 N–H and O–H groups in total. The minimum Gasteiger partial charge on any atom is -0.508 e. The number of aliphatic hydroxyl groups is 4. The van der Waals surface area contributed by atoms with Gasteiger partial charge in [0.15, 0.2) is 6.10 Å². The molecule has 7 heteroatoms. The zero-order chi connectivity index (χ0) is 14.4. The Morgan fingerprint density at radius 2 is 1.68 bits per heavy atom. The van der Waals surface area contributed by atoms with Crippen molar-refractivity contribution in [1.29, 1.82) is 0 Å². The molecule has 0 aromatic heterocycles. The van der Waals surface area contributed by atoms with Crippen molar-refractivity contribution in [2.75, 3.05) is 13.2 Å². The quantitative estimate of drug-likeness (QED) is 0.404. The first-order chi connectivity index (χ1) is 8.99. The molecule has 1 aromatic carbocycles. The summed E-state index contributed by atoms with van der Waals surface area (Å²) in [5.74, 6) is -0.853. The van der Waals surface area contributed by atoms with E-state index in [1.165, 1.54) is 24.3 Å². The first-order valence-corrected chi connectivity index (χ1v) is 5.57. The van der Waals surface area contributed by atoms with Gasteiger partial charge in [-0.1, -0.05) is 0 Å². The maximum atomic E-state index is 11.7. The molecule has 0 saturated heterocycles. The number of rotatable bonds is 6. The molecule has 0 unspecified atom stereocenters. The molecular formula is C12H16O7. The van der Waals surface area contributed by atoms with E-state index in [9.17, 15) is 15.0 Å². The average Bonchev–Trinajstić information content (AvgIpc) is 2.43. The highest BCUT2D eigenvalue weighted by atomic mass is 16.6. The van der Waals surface area contributed by atoms with E-state index < -0.39 is 37.5 Å². The number of esters is 1. The Hall–Kier alpha value is -1.67. The van der Waals surface area contributed by atoms with E-state index in [4.69, 9.17) is 20.1 Å². The van der Waals surface area contributed by atoms with Crippen molar-refractivity contribution in [3.8, 4) is 5.75 Å². The van der Waals surface area contributed by atoms with Gasteiger partial charge in [-0.3, -0.25) is 0 Å². The van der Waals surface area contributed by atoms with Crippen LogP contribution in [0, 0.1) is 0 Å². The Morgan fingerprint density at radius 1 is 1.11 bits per heavy atom. The van der Waals surface area contributed by atoms with Crippen LogP contribution in [0.5, 0.6) is 5.75 Å². The molecule has 106 valence electrons. The summed E-state index contributed by atoms with van der Waals surface area (Å²) in [6.45, 7) is -1.43. The molecular weight excluding hydrogens is 256 g/mol. The van der Waals surface area contributed by atoms with Gasteiger partial charge in [-0.2, -0.15) is 0 Å². The average molecular weight is 272 g/mol. The van der Waals surface area contributed by atoms with Crippen LogP contribution in [-0.2, 0) is 4.74 Å². The number of phenolic OH excluding ortho intramolecular Hbond substituents is 1. The molecule has 0 fully saturated rings. The van der Waals surface area contributed by atoms with Crippen molar-refractivity contribution in [2.24, 2.45) is 0 Å². The van der Waals surface area contributed by atoms with E-state index in [1.54, 1.807) is 0 Å². The number of ether oxygens (including phenoxy) is 1. The topological polar surface area (TPSA) is 127 Å². The summed E-state index contributed by atoms with van der Waals surface area (Å²) in [7, 11) is 0. The lowest BCUT2D eigenvalue weighted by Crippen LogP contribution is -2.44. The maximum Gasteiger partial charge on any atom is 0.338 e. The smallest absolute Gasteiger partial charge is 0.338 e. The van der Waals surface area contributed by atoms with Gasteiger partial charge in [-0.15, -0.1) is 0 Å². The number of aromatic hydroxyl groups is 1. The number of carbonyl (C=O) groups is 1. The van der Waals surface area contributed by atoms with E-state index in [-0.39, 0.29) is 11.3 Å². The van der Waals surface area contributed by atoms with Crippen molar-refractivity contribution in [3.63, 3.8) is 0 Å². The molecule has 0 heterocycles. The summed E-state index contributed by atoms with van der Waals surface area (Å²) in [6.07, 6.45) is -4.48. The van der Waals surface area contributed by atoms with Crippen molar-refractivity contribution < 1.29 is 35.1 Å². The van der Waals surface area contributed by atoms with Gasteiger partial charge in [0.2, 0.25) is 0 Å². The van der Waals surface area contributed by atoms with E-state index in [0.29, 0.717) is 0 Å². The lowest BCUT2D eigenvalue weighted by molar-refractivity contribution is -0.0971. The van der Waals surface area contributed by atoms with Crippen molar-refractivity contribution in [3.05, 3.63) is 29.8 Å². The van der Waals surface area contributed by atoms with Crippen LogP contribution in [0.1, 0.15) is 10.4 Å². The van der Waals surface area contributed by atoms with Gasteiger partial charge in [0.1, 0.15) is 18.0 Å². The summed E-state index contributed by atoms with van der Waals surface area (Å²) >= 11 is 0. The molecule has 0 aliphatic heterocycles. The first-order valence-electron chi connectivity index (χ1n) is 5.57. The van der Waals surface area contributed by atoms with Crippen LogP contribution in [0.2, 0.25) is 0 Å². The Balaban J connectivity index is 2.70. The van der Waals surface area contributed by atoms with Crippen molar-refractivity contribution >= 4 is 5.97 Å². The third-order valence-corrected chi connectivity index (χ3v) is 2.50. The molecule has 0 aliphatic rings. The van der Waals surface area contributed by atoms with Crippen LogP contribution in [0.3, 0.4) is 0 Å². The molecule has 0 saturated carbocycles. The van der Waals surface area contributed by atoms with E-state index in [1.807, 2.05) is 0 Å². The fourth-order valence-electron chi connectivity index (χ4n) is 1.37. The zero-order valence-electron chi connectivity index (χ0n) is 10.0. The summed E-state index contributed by atoms with van der Waals surface area (Å²) < 4.78 is 4.82. The third-order valence-electron chi connectivity index (χ3n) is 2.50. The molecule has 1 rings (SSSR count). The van der Waals surface area contributed by atoms with Crippen LogP contribution < -0.4 is 0 Å². The van der Waals surface area contributed by atoms with Gasteiger partial charge >= 0.3 is 5.97 Å². The third kappa shape index (κ3) is 4.18. The van der Waals surface area contributed by atoms with Gasteiger partial charge < -0.3 is 30.3 Å². The standard InChI is InChI=1S/C12H16O7/c13-5-9(16)11(17)10(6-14)19-12(18)7-1-3-8(15)4-2-7/h1-4,9-11,13-17H,5-6H2/t9-,10+,11+/m1/s1. The molecule has 19 heavy (non-hydrogen) atoms. The second-order valence-electron chi connectivity index (χ2n) is 3.91. The normalized spacial score (nSPS) is 15.6. The Bertz CT molecular complexity index is 403. The molecule has 1 aromatic rings. The minimum atomic E-state index is -1.60. The van der Waals surface area contributed by atoms with Crippen LogP contribution in [-0.4, -0.2) is 63.0 Å². The molecule has 0 spiro atoms. The van der Waals surface area contributed by atoms with Crippen LogP contribution in [0.25, 0.3) is 0 Å². The zero-order valence-corrected chi connectivity index (χ0v) is 10.0. The summed E-state index contributed by atoms with van der Waals surface area (Å²) in [4.78, 5) is 11.7. The lowest BCUT2D eigenvalue weighted by Gasteiger charge is -2.24. The van der Waals surface area contributed by atoms with Gasteiger partial charge in [0.25, 0.3) is 0 Å². The lowest BCUT2D eigenvalue weighted by atomic mass is 10.1.